The van der Waals surface area contributed by atoms with Crippen molar-refractivity contribution in [2.45, 2.75) is 9.79 Å². The van der Waals surface area contributed by atoms with Gasteiger partial charge in [-0.05, 0) is 78.9 Å². The molecule has 0 aromatic heterocycles. The van der Waals surface area contributed by atoms with E-state index in [1.807, 2.05) is 0 Å². The number of fused-ring (bicyclic) bond motifs is 3. The normalized spacial score (nSPS) is 14.3. The molecule has 0 heterocycles. The predicted molar refractivity (Wildman–Crippen MR) is 208 cm³/mol. The Bertz CT molecular complexity index is 3120. The van der Waals surface area contributed by atoms with Crippen molar-refractivity contribution in [3.63, 3.8) is 0 Å². The van der Waals surface area contributed by atoms with E-state index in [0.717, 1.165) is 24.3 Å². The van der Waals surface area contributed by atoms with E-state index in [1.165, 1.54) is 66.7 Å². The zero-order valence-corrected chi connectivity index (χ0v) is 33.7. The molecular formula is C36H25N7NaO10S3+. The monoisotopic (exact) mass is 834 g/mol. The molecule has 0 fully saturated rings. The second kappa shape index (κ2) is 15.8. The summed E-state index contributed by atoms with van der Waals surface area (Å²) in [6.07, 6.45) is 0.919. The summed E-state index contributed by atoms with van der Waals surface area (Å²) in [7, 11) is -14.1. The SMILES string of the molecule is Nc1ccc(N=Nc2ccc(N=Nc3ccc(N/N=C4\C=C(S(=O)(=O)O)c5ccccc5C4=O)c4ccc(S(=O)(=O)O)cc34)c3ccc(S(=O)(=O)O)cc23)cc1.[Na+]. The second-order valence-corrected chi connectivity index (χ2v) is 16.3. The minimum absolute atomic E-state index is 0. The number of anilines is 2. The number of ketones is 1. The summed E-state index contributed by atoms with van der Waals surface area (Å²) < 4.78 is 102. The molecular weight excluding hydrogens is 810 g/mol. The van der Waals surface area contributed by atoms with Crippen LogP contribution in [0.5, 0.6) is 0 Å². The maximum Gasteiger partial charge on any atom is 1.00 e. The van der Waals surface area contributed by atoms with E-state index in [2.05, 4.69) is 31.0 Å². The average molecular weight is 835 g/mol. The van der Waals surface area contributed by atoms with Gasteiger partial charge in [-0.15, -0.1) is 15.3 Å². The number of Topliss-reactive ketones (excluding diaryl/α,β-unsaturated/α-hetero) is 1. The molecule has 0 atom stereocenters. The van der Waals surface area contributed by atoms with Crippen LogP contribution in [-0.4, -0.2) is 50.4 Å². The number of nitrogen functional groups attached to an aromatic ring is 1. The molecule has 0 amide bonds. The number of hydrogen-bond donors (Lipinski definition) is 5. The minimum Gasteiger partial charge on any atom is -0.399 e. The van der Waals surface area contributed by atoms with Crippen molar-refractivity contribution in [3.8, 4) is 0 Å². The van der Waals surface area contributed by atoms with E-state index >= 15 is 0 Å². The maximum atomic E-state index is 13.2. The number of carbonyl (C=O) groups is 1. The molecule has 0 bridgehead atoms. The van der Waals surface area contributed by atoms with Crippen LogP contribution in [0, 0.1) is 0 Å². The Morgan fingerprint density at radius 2 is 1.05 bits per heavy atom. The molecule has 1 aliphatic carbocycles. The number of rotatable bonds is 9. The van der Waals surface area contributed by atoms with Gasteiger partial charge in [-0.3, -0.25) is 23.9 Å². The zero-order chi connectivity index (χ0) is 40.0. The first-order chi connectivity index (χ1) is 26.5. The van der Waals surface area contributed by atoms with Gasteiger partial charge < -0.3 is 5.73 Å². The van der Waals surface area contributed by atoms with Crippen molar-refractivity contribution < 1.29 is 73.3 Å². The van der Waals surface area contributed by atoms with Crippen molar-refractivity contribution in [3.05, 3.63) is 126 Å². The summed E-state index contributed by atoms with van der Waals surface area (Å²) in [6.45, 7) is 0. The number of nitrogens with two attached hydrogens (primary N) is 1. The molecule has 0 saturated heterocycles. The number of azo groups is 2. The van der Waals surface area contributed by atoms with Crippen LogP contribution in [0.1, 0.15) is 15.9 Å². The molecule has 6 aromatic carbocycles. The van der Waals surface area contributed by atoms with E-state index < -0.39 is 50.8 Å². The number of benzene rings is 6. The van der Waals surface area contributed by atoms with E-state index in [-0.39, 0.29) is 85.3 Å². The van der Waals surface area contributed by atoms with E-state index in [1.54, 1.807) is 24.3 Å². The van der Waals surface area contributed by atoms with Crippen molar-refractivity contribution in [1.29, 1.82) is 0 Å². The second-order valence-electron chi connectivity index (χ2n) is 12.1. The molecule has 6 N–H and O–H groups in total. The molecule has 0 unspecified atom stereocenters. The number of allylic oxidation sites excluding steroid dienone is 1. The smallest absolute Gasteiger partial charge is 0.399 e. The van der Waals surface area contributed by atoms with Crippen LogP contribution in [0.15, 0.2) is 151 Å². The summed E-state index contributed by atoms with van der Waals surface area (Å²) in [6, 6.07) is 25.5. The van der Waals surface area contributed by atoms with Gasteiger partial charge in [0.2, 0.25) is 5.78 Å². The molecule has 0 aliphatic heterocycles. The van der Waals surface area contributed by atoms with Crippen molar-refractivity contribution in [2.75, 3.05) is 11.2 Å². The molecule has 0 saturated carbocycles. The van der Waals surface area contributed by atoms with Crippen LogP contribution in [0.2, 0.25) is 0 Å². The van der Waals surface area contributed by atoms with Gasteiger partial charge >= 0.3 is 29.6 Å². The summed E-state index contributed by atoms with van der Waals surface area (Å²) >= 11 is 0. The van der Waals surface area contributed by atoms with Gasteiger partial charge in [-0.2, -0.15) is 35.5 Å². The summed E-state index contributed by atoms with van der Waals surface area (Å²) in [5.74, 6) is -0.641. The topological polar surface area (TPSA) is 280 Å². The van der Waals surface area contributed by atoms with Crippen molar-refractivity contribution in [1.82, 2.24) is 0 Å². The Morgan fingerprint density at radius 1 is 0.544 bits per heavy atom. The average Bonchev–Trinajstić information content (AvgIpc) is 3.15. The van der Waals surface area contributed by atoms with Crippen LogP contribution in [-0.2, 0) is 30.4 Å². The molecule has 0 spiro atoms. The fourth-order valence-corrected chi connectivity index (χ4v) is 7.50. The third kappa shape index (κ3) is 8.73. The fraction of sp³-hybridized carbons (Fsp3) is 0. The molecule has 6 aromatic rings. The Kier molecular flexibility index (Phi) is 11.4. The molecule has 17 nitrogen and oxygen atoms in total. The van der Waals surface area contributed by atoms with Crippen LogP contribution in [0.3, 0.4) is 0 Å². The van der Waals surface area contributed by atoms with Crippen molar-refractivity contribution >= 4 is 102 Å². The first kappa shape index (κ1) is 41.1. The van der Waals surface area contributed by atoms with Gasteiger partial charge in [0.05, 0.1) is 38.2 Å². The Hall–Kier alpha value is -5.55. The summed E-state index contributed by atoms with van der Waals surface area (Å²) in [5, 5.41) is 22.2. The fourth-order valence-electron chi connectivity index (χ4n) is 5.77. The molecule has 7 rings (SSSR count). The Labute approximate surface area is 346 Å². The summed E-state index contributed by atoms with van der Waals surface area (Å²) in [4.78, 5) is 11.8. The minimum atomic E-state index is -4.76. The van der Waals surface area contributed by atoms with Crippen LogP contribution in [0.25, 0.3) is 26.5 Å². The van der Waals surface area contributed by atoms with Gasteiger partial charge in [-0.1, -0.05) is 36.4 Å². The van der Waals surface area contributed by atoms with Crippen LogP contribution in [0.4, 0.5) is 34.1 Å². The predicted octanol–water partition coefficient (Wildman–Crippen LogP) is 4.80. The standard InChI is InChI=1S/C36H25N7O10S3.Na/c37-20-5-7-21(8-6-20)38-39-32-15-13-30(24-11-9-22(17-28(24)32)54(45,46)47)40-42-33-16-14-31(25-12-10-23(18-29(25)33)55(48,49)50)41-43-34-19-35(56(51,52)53)26-3-1-2-4-27(26)36(34)44;/h1-19,41H,37H2,(H,45,46,47)(H,48,49,50)(H,51,52,53);/q;+1/b39-38?,42-40?,43-34+;. The molecule has 1 aliphatic rings. The first-order valence-corrected chi connectivity index (χ1v) is 20.2. The Balaban J connectivity index is 0.00000549. The molecule has 0 radical (unpaired) electrons. The third-order valence-electron chi connectivity index (χ3n) is 8.45. The van der Waals surface area contributed by atoms with Gasteiger partial charge in [0, 0.05) is 38.4 Å². The molecule has 21 heteroatoms. The van der Waals surface area contributed by atoms with Crippen LogP contribution < -0.4 is 40.7 Å². The van der Waals surface area contributed by atoms with Crippen molar-refractivity contribution in [2.24, 2.45) is 25.6 Å². The van der Waals surface area contributed by atoms with E-state index in [4.69, 9.17) is 5.73 Å². The van der Waals surface area contributed by atoms with Gasteiger partial charge in [-0.25, -0.2) is 0 Å². The van der Waals surface area contributed by atoms with Gasteiger partial charge in [0.25, 0.3) is 30.4 Å². The van der Waals surface area contributed by atoms with E-state index in [9.17, 15) is 43.7 Å². The number of nitrogens with one attached hydrogen (secondary N) is 1. The zero-order valence-electron chi connectivity index (χ0n) is 29.2. The molecule has 57 heavy (non-hydrogen) atoms. The first-order valence-electron chi connectivity index (χ1n) is 15.9. The largest absolute Gasteiger partial charge is 1.00 e. The van der Waals surface area contributed by atoms with Crippen LogP contribution >= 0.6 is 0 Å². The number of hydrogen-bond acceptors (Lipinski definition) is 14. The summed E-state index contributed by atoms with van der Waals surface area (Å²) in [5.41, 5.74) is 9.75. The van der Waals surface area contributed by atoms with Gasteiger partial charge in [0.15, 0.2) is 0 Å². The number of hydrazone groups is 1. The quantitative estimate of drug-likeness (QED) is 0.0432. The number of nitrogens with zero attached hydrogens (tertiary/aromatic N) is 5. The number of carbonyl (C=O) groups excluding carboxylic acids is 1. The maximum absolute atomic E-state index is 13.2. The molecule has 282 valence electrons. The van der Waals surface area contributed by atoms with Gasteiger partial charge in [0.1, 0.15) is 10.6 Å². The third-order valence-corrected chi connectivity index (χ3v) is 11.0. The van der Waals surface area contributed by atoms with E-state index in [0.29, 0.717) is 16.8 Å². The Morgan fingerprint density at radius 3 is 1.63 bits per heavy atom.